The minimum atomic E-state index is -0.342. The topological polar surface area (TPSA) is 29.3 Å². The van der Waals surface area contributed by atoms with E-state index < -0.39 is 0 Å². The number of nitrogens with two attached hydrogens (primary N) is 1. The Morgan fingerprint density at radius 3 is 2.83 bits per heavy atom. The predicted molar refractivity (Wildman–Crippen MR) is 75.8 cm³/mol. The maximum atomic E-state index is 13.3. The van der Waals surface area contributed by atoms with Crippen molar-refractivity contribution in [2.75, 3.05) is 13.1 Å². The fourth-order valence-electron chi connectivity index (χ4n) is 2.41. The predicted octanol–water partition coefficient (Wildman–Crippen LogP) is 3.21. The van der Waals surface area contributed by atoms with E-state index in [2.05, 4.69) is 4.90 Å². The number of piperidine rings is 1. The van der Waals surface area contributed by atoms with Crippen LogP contribution in [0.25, 0.3) is 0 Å². The molecule has 1 aliphatic rings. The average Bonchev–Trinajstić information content (AvgIpc) is 2.34. The van der Waals surface area contributed by atoms with Crippen molar-refractivity contribution in [1.82, 2.24) is 4.90 Å². The lowest BCUT2D eigenvalue weighted by Crippen LogP contribution is -2.43. The van der Waals surface area contributed by atoms with E-state index in [4.69, 9.17) is 17.3 Å². The first-order valence-electron chi connectivity index (χ1n) is 6.08. The Morgan fingerprint density at radius 1 is 1.39 bits per heavy atom. The molecule has 1 aromatic rings. The summed E-state index contributed by atoms with van der Waals surface area (Å²) in [6.45, 7) is 2.48. The van der Waals surface area contributed by atoms with Gasteiger partial charge in [0.25, 0.3) is 0 Å². The highest BCUT2D eigenvalue weighted by atomic mass is 35.5. The highest BCUT2D eigenvalue weighted by Crippen LogP contribution is 2.21. The molecule has 2 N–H and O–H groups in total. The number of hydrogen-bond donors (Lipinski definition) is 1. The van der Waals surface area contributed by atoms with E-state index in [-0.39, 0.29) is 23.2 Å². The molecule has 5 heteroatoms. The van der Waals surface area contributed by atoms with Crippen LogP contribution in [-0.2, 0) is 6.54 Å². The molecule has 0 aromatic heterocycles. The molecule has 0 radical (unpaired) electrons. The maximum Gasteiger partial charge on any atom is 0.142 e. The van der Waals surface area contributed by atoms with Crippen LogP contribution in [0.5, 0.6) is 0 Å². The molecule has 18 heavy (non-hydrogen) atoms. The molecule has 0 spiro atoms. The van der Waals surface area contributed by atoms with Gasteiger partial charge in [-0.2, -0.15) is 0 Å². The molecule has 102 valence electrons. The summed E-state index contributed by atoms with van der Waals surface area (Å²) in [4.78, 5) is 2.34. The van der Waals surface area contributed by atoms with Crippen molar-refractivity contribution >= 4 is 24.0 Å². The summed E-state index contributed by atoms with van der Waals surface area (Å²) in [6.07, 6.45) is 3.59. The highest BCUT2D eigenvalue weighted by Gasteiger charge is 2.21. The monoisotopic (exact) mass is 292 g/mol. The highest BCUT2D eigenvalue weighted by molar-refractivity contribution is 6.30. The van der Waals surface area contributed by atoms with Crippen molar-refractivity contribution in [1.29, 1.82) is 0 Å². The molecule has 0 saturated carbocycles. The van der Waals surface area contributed by atoms with Gasteiger partial charge in [0.05, 0.1) is 5.02 Å². The van der Waals surface area contributed by atoms with Gasteiger partial charge < -0.3 is 5.73 Å². The van der Waals surface area contributed by atoms with Crippen molar-refractivity contribution in [3.05, 3.63) is 34.6 Å². The Hall–Kier alpha value is -0.350. The Balaban J connectivity index is 0.00000162. The van der Waals surface area contributed by atoms with Crippen molar-refractivity contribution < 1.29 is 4.39 Å². The first-order chi connectivity index (χ1) is 8.20. The SMILES string of the molecule is Cl.NCC1CCCCN1Cc1ccc(Cl)c(F)c1. The quantitative estimate of drug-likeness (QED) is 0.927. The smallest absolute Gasteiger partial charge is 0.142 e. The molecule has 1 heterocycles. The van der Waals surface area contributed by atoms with Crippen LogP contribution in [0.3, 0.4) is 0 Å². The molecule has 1 saturated heterocycles. The van der Waals surface area contributed by atoms with E-state index in [0.29, 0.717) is 12.6 Å². The summed E-state index contributed by atoms with van der Waals surface area (Å²) in [5.41, 5.74) is 6.73. The van der Waals surface area contributed by atoms with Crippen LogP contribution in [0.4, 0.5) is 4.39 Å². The molecular weight excluding hydrogens is 274 g/mol. The van der Waals surface area contributed by atoms with Crippen LogP contribution in [0.2, 0.25) is 5.02 Å². The van der Waals surface area contributed by atoms with Gasteiger partial charge in [-0.3, -0.25) is 4.90 Å². The van der Waals surface area contributed by atoms with Gasteiger partial charge in [-0.1, -0.05) is 24.1 Å². The summed E-state index contributed by atoms with van der Waals surface area (Å²) < 4.78 is 13.3. The molecule has 1 aromatic carbocycles. The molecule has 1 fully saturated rings. The number of benzene rings is 1. The molecule has 0 aliphatic carbocycles. The summed E-state index contributed by atoms with van der Waals surface area (Å²) in [5, 5.41) is 0.183. The Labute approximate surface area is 119 Å². The molecule has 0 bridgehead atoms. The van der Waals surface area contributed by atoms with Crippen LogP contribution in [-0.4, -0.2) is 24.0 Å². The fraction of sp³-hybridized carbons (Fsp3) is 0.538. The molecule has 2 nitrogen and oxygen atoms in total. The number of hydrogen-bond acceptors (Lipinski definition) is 2. The lowest BCUT2D eigenvalue weighted by molar-refractivity contribution is 0.145. The van der Waals surface area contributed by atoms with E-state index in [1.54, 1.807) is 6.07 Å². The van der Waals surface area contributed by atoms with Gasteiger partial charge in [0, 0.05) is 19.1 Å². The molecular formula is C13H19Cl2FN2. The van der Waals surface area contributed by atoms with Gasteiger partial charge in [-0.25, -0.2) is 4.39 Å². The second-order valence-electron chi connectivity index (χ2n) is 4.60. The number of nitrogens with zero attached hydrogens (tertiary/aromatic N) is 1. The Morgan fingerprint density at radius 2 is 2.17 bits per heavy atom. The van der Waals surface area contributed by atoms with E-state index in [9.17, 15) is 4.39 Å². The first kappa shape index (κ1) is 15.7. The second kappa shape index (κ2) is 7.29. The summed E-state index contributed by atoms with van der Waals surface area (Å²) in [7, 11) is 0. The van der Waals surface area contributed by atoms with Crippen molar-refractivity contribution in [2.24, 2.45) is 5.73 Å². The molecule has 2 rings (SSSR count). The number of halogens is 3. The molecule has 0 amide bonds. The van der Waals surface area contributed by atoms with Gasteiger partial charge in [0.2, 0.25) is 0 Å². The Bertz CT molecular complexity index is 387. The van der Waals surface area contributed by atoms with Crippen molar-refractivity contribution in [3.8, 4) is 0 Å². The van der Waals surface area contributed by atoms with Gasteiger partial charge in [-0.15, -0.1) is 12.4 Å². The second-order valence-corrected chi connectivity index (χ2v) is 5.01. The minimum Gasteiger partial charge on any atom is -0.329 e. The fourth-order valence-corrected chi connectivity index (χ4v) is 2.53. The van der Waals surface area contributed by atoms with Crippen LogP contribution in [0.1, 0.15) is 24.8 Å². The molecule has 1 atom stereocenters. The summed E-state index contributed by atoms with van der Waals surface area (Å²) in [6, 6.07) is 5.45. The standard InChI is InChI=1S/C13H18ClFN2.ClH/c14-12-5-4-10(7-13(12)15)9-17-6-2-1-3-11(17)8-16;/h4-5,7,11H,1-3,6,8-9,16H2;1H. The third-order valence-corrected chi connectivity index (χ3v) is 3.70. The first-order valence-corrected chi connectivity index (χ1v) is 6.46. The zero-order chi connectivity index (χ0) is 12.3. The van der Waals surface area contributed by atoms with Crippen LogP contribution >= 0.6 is 24.0 Å². The van der Waals surface area contributed by atoms with Gasteiger partial charge in [0.1, 0.15) is 5.82 Å². The van der Waals surface area contributed by atoms with Crippen LogP contribution < -0.4 is 5.73 Å². The molecule has 1 unspecified atom stereocenters. The van der Waals surface area contributed by atoms with Gasteiger partial charge in [0.15, 0.2) is 0 Å². The Kier molecular flexibility index (Phi) is 6.36. The normalized spacial score (nSPS) is 20.5. The third-order valence-electron chi connectivity index (χ3n) is 3.39. The van der Waals surface area contributed by atoms with E-state index in [0.717, 1.165) is 25.1 Å². The lowest BCUT2D eigenvalue weighted by Gasteiger charge is -2.35. The summed E-state index contributed by atoms with van der Waals surface area (Å²) >= 11 is 5.67. The van der Waals surface area contributed by atoms with E-state index in [1.165, 1.54) is 18.9 Å². The van der Waals surface area contributed by atoms with Crippen LogP contribution in [0, 0.1) is 5.82 Å². The van der Waals surface area contributed by atoms with Crippen molar-refractivity contribution in [3.63, 3.8) is 0 Å². The number of likely N-dealkylation sites (tertiary alicyclic amines) is 1. The van der Waals surface area contributed by atoms with Gasteiger partial charge in [-0.05, 0) is 37.1 Å². The van der Waals surface area contributed by atoms with Crippen molar-refractivity contribution in [2.45, 2.75) is 31.8 Å². The largest absolute Gasteiger partial charge is 0.329 e. The zero-order valence-corrected chi connectivity index (χ0v) is 11.8. The minimum absolute atomic E-state index is 0. The van der Waals surface area contributed by atoms with E-state index in [1.807, 2.05) is 6.07 Å². The average molecular weight is 293 g/mol. The zero-order valence-electron chi connectivity index (χ0n) is 10.2. The summed E-state index contributed by atoms with van der Waals surface area (Å²) in [5.74, 6) is -0.342. The third kappa shape index (κ3) is 3.82. The molecule has 1 aliphatic heterocycles. The number of rotatable bonds is 3. The maximum absolute atomic E-state index is 13.3. The van der Waals surface area contributed by atoms with E-state index >= 15 is 0 Å². The van der Waals surface area contributed by atoms with Gasteiger partial charge >= 0.3 is 0 Å². The van der Waals surface area contributed by atoms with Crippen LogP contribution in [0.15, 0.2) is 18.2 Å². The lowest BCUT2D eigenvalue weighted by atomic mass is 10.0.